The lowest BCUT2D eigenvalue weighted by Crippen LogP contribution is -2.06. The van der Waals surface area contributed by atoms with Gasteiger partial charge in [-0.25, -0.2) is 4.79 Å². The van der Waals surface area contributed by atoms with Crippen LogP contribution in [0.3, 0.4) is 0 Å². The van der Waals surface area contributed by atoms with Gasteiger partial charge in [0.15, 0.2) is 5.16 Å². The maximum absolute atomic E-state index is 11.1. The lowest BCUT2D eigenvalue weighted by molar-refractivity contribution is 0.0697. The van der Waals surface area contributed by atoms with Gasteiger partial charge in [0, 0.05) is 18.5 Å². The van der Waals surface area contributed by atoms with Crippen molar-refractivity contribution in [2.24, 2.45) is 7.05 Å². The number of anilines is 1. The van der Waals surface area contributed by atoms with E-state index in [1.54, 1.807) is 29.1 Å². The van der Waals surface area contributed by atoms with Crippen LogP contribution in [-0.2, 0) is 12.8 Å². The molecule has 0 saturated carbocycles. The minimum absolute atomic E-state index is 0.159. The maximum atomic E-state index is 11.1. The second-order valence-electron chi connectivity index (χ2n) is 3.70. The first-order valence-corrected chi connectivity index (χ1v) is 6.15. The molecule has 1 aromatic carbocycles. The van der Waals surface area contributed by atoms with Crippen molar-refractivity contribution in [1.29, 1.82) is 0 Å². The molecule has 0 aliphatic heterocycles. The van der Waals surface area contributed by atoms with Gasteiger partial charge >= 0.3 is 5.97 Å². The fraction of sp³-hybridized carbons (Fsp3) is 0.182. The third-order valence-electron chi connectivity index (χ3n) is 2.42. The molecule has 0 aliphatic rings. The lowest BCUT2D eigenvalue weighted by Gasteiger charge is -2.07. The topological polar surface area (TPSA) is 94.0 Å². The van der Waals surface area contributed by atoms with Crippen molar-refractivity contribution in [3.63, 3.8) is 0 Å². The molecule has 0 amide bonds. The zero-order chi connectivity index (χ0) is 13.1. The molecule has 0 spiro atoms. The van der Waals surface area contributed by atoms with Gasteiger partial charge in [-0.05, 0) is 11.6 Å². The quantitative estimate of drug-likeness (QED) is 0.640. The summed E-state index contributed by atoms with van der Waals surface area (Å²) < 4.78 is 1.78. The van der Waals surface area contributed by atoms with E-state index >= 15 is 0 Å². The smallest absolute Gasteiger partial charge is 0.338 e. The van der Waals surface area contributed by atoms with Crippen molar-refractivity contribution in [3.05, 3.63) is 35.7 Å². The molecule has 2 rings (SSSR count). The zero-order valence-electron chi connectivity index (χ0n) is 9.70. The van der Waals surface area contributed by atoms with E-state index in [0.717, 1.165) is 5.16 Å². The molecule has 0 aliphatic carbocycles. The lowest BCUT2D eigenvalue weighted by atomic mass is 10.1. The van der Waals surface area contributed by atoms with Crippen LogP contribution in [0.2, 0.25) is 0 Å². The summed E-state index contributed by atoms with van der Waals surface area (Å²) in [6.07, 6.45) is 1.60. The number of nitrogen functional groups attached to an aromatic ring is 1. The number of rotatable bonds is 4. The highest BCUT2D eigenvalue weighted by Gasteiger charge is 2.14. The van der Waals surface area contributed by atoms with Gasteiger partial charge in [0.05, 0.1) is 5.56 Å². The molecule has 0 unspecified atom stereocenters. The van der Waals surface area contributed by atoms with E-state index in [9.17, 15) is 4.79 Å². The first-order valence-electron chi connectivity index (χ1n) is 5.17. The number of aryl methyl sites for hydroxylation is 1. The minimum Gasteiger partial charge on any atom is -0.478 e. The van der Waals surface area contributed by atoms with Crippen molar-refractivity contribution in [2.45, 2.75) is 10.9 Å². The van der Waals surface area contributed by atoms with E-state index in [-0.39, 0.29) is 11.3 Å². The number of benzene rings is 1. The van der Waals surface area contributed by atoms with E-state index in [1.807, 2.05) is 7.05 Å². The Kier molecular flexibility index (Phi) is 3.52. The molecule has 1 aromatic heterocycles. The number of carbonyl (C=O) groups is 1. The van der Waals surface area contributed by atoms with Gasteiger partial charge in [-0.1, -0.05) is 23.9 Å². The number of aromatic carboxylic acids is 1. The number of carboxylic acids is 1. The molecule has 0 bridgehead atoms. The number of carboxylic acid groups (broad SMARTS) is 1. The van der Waals surface area contributed by atoms with Crippen LogP contribution in [-0.4, -0.2) is 25.8 Å². The highest BCUT2D eigenvalue weighted by Crippen LogP contribution is 2.25. The van der Waals surface area contributed by atoms with Crippen LogP contribution in [0.4, 0.5) is 5.69 Å². The predicted molar refractivity (Wildman–Crippen MR) is 68.4 cm³/mol. The predicted octanol–water partition coefficient (Wildman–Crippen LogP) is 1.39. The summed E-state index contributed by atoms with van der Waals surface area (Å²) in [5.41, 5.74) is 6.79. The molecule has 0 atom stereocenters. The Morgan fingerprint density at radius 3 is 2.94 bits per heavy atom. The Balaban J connectivity index is 2.22. The third kappa shape index (κ3) is 2.45. The van der Waals surface area contributed by atoms with Crippen molar-refractivity contribution >= 4 is 23.4 Å². The monoisotopic (exact) mass is 264 g/mol. The molecule has 3 N–H and O–H groups in total. The minimum atomic E-state index is -1.01. The Morgan fingerprint density at radius 2 is 2.33 bits per heavy atom. The van der Waals surface area contributed by atoms with Crippen molar-refractivity contribution in [2.75, 3.05) is 5.73 Å². The molecule has 2 aromatic rings. The molecule has 7 heteroatoms. The van der Waals surface area contributed by atoms with Gasteiger partial charge in [0.25, 0.3) is 0 Å². The summed E-state index contributed by atoms with van der Waals surface area (Å²) in [6.45, 7) is 0. The van der Waals surface area contributed by atoms with Crippen molar-refractivity contribution < 1.29 is 9.90 Å². The molecule has 0 saturated heterocycles. The highest BCUT2D eigenvalue weighted by atomic mass is 32.2. The summed E-state index contributed by atoms with van der Waals surface area (Å²) in [4.78, 5) is 11.1. The molecule has 6 nitrogen and oxygen atoms in total. The third-order valence-corrected chi connectivity index (χ3v) is 3.51. The number of nitrogens with zero attached hydrogens (tertiary/aromatic N) is 3. The summed E-state index contributed by atoms with van der Waals surface area (Å²) in [5.74, 6) is -0.527. The van der Waals surface area contributed by atoms with E-state index in [4.69, 9.17) is 10.8 Å². The maximum Gasteiger partial charge on any atom is 0.338 e. The fourth-order valence-corrected chi connectivity index (χ4v) is 2.43. The molecule has 18 heavy (non-hydrogen) atoms. The van der Waals surface area contributed by atoms with Crippen LogP contribution in [0.25, 0.3) is 0 Å². The van der Waals surface area contributed by atoms with E-state index in [1.165, 1.54) is 11.8 Å². The van der Waals surface area contributed by atoms with E-state index in [0.29, 0.717) is 11.3 Å². The fourth-order valence-electron chi connectivity index (χ4n) is 1.55. The molecule has 0 radical (unpaired) electrons. The number of aromatic nitrogens is 3. The summed E-state index contributed by atoms with van der Waals surface area (Å²) >= 11 is 1.42. The van der Waals surface area contributed by atoms with Crippen molar-refractivity contribution in [1.82, 2.24) is 14.8 Å². The van der Waals surface area contributed by atoms with Crippen LogP contribution in [0, 0.1) is 0 Å². The molecular formula is C11H12N4O2S. The zero-order valence-corrected chi connectivity index (χ0v) is 10.5. The van der Waals surface area contributed by atoms with Crippen LogP contribution in [0.1, 0.15) is 15.9 Å². The summed E-state index contributed by atoms with van der Waals surface area (Å²) in [6, 6.07) is 5.08. The van der Waals surface area contributed by atoms with Crippen LogP contribution in [0.15, 0.2) is 29.7 Å². The first kappa shape index (κ1) is 12.4. The molecule has 94 valence electrons. The van der Waals surface area contributed by atoms with Gasteiger partial charge < -0.3 is 15.4 Å². The largest absolute Gasteiger partial charge is 0.478 e. The number of nitrogens with two attached hydrogens (primary N) is 1. The van der Waals surface area contributed by atoms with E-state index < -0.39 is 5.97 Å². The van der Waals surface area contributed by atoms with E-state index in [2.05, 4.69) is 10.2 Å². The Hall–Kier alpha value is -2.02. The highest BCUT2D eigenvalue weighted by molar-refractivity contribution is 7.98. The van der Waals surface area contributed by atoms with Gasteiger partial charge in [-0.2, -0.15) is 0 Å². The van der Waals surface area contributed by atoms with Crippen LogP contribution < -0.4 is 5.73 Å². The number of hydrogen-bond acceptors (Lipinski definition) is 5. The molecular weight excluding hydrogens is 252 g/mol. The second-order valence-corrected chi connectivity index (χ2v) is 4.64. The average molecular weight is 264 g/mol. The normalized spacial score (nSPS) is 10.5. The van der Waals surface area contributed by atoms with Gasteiger partial charge in [-0.15, -0.1) is 10.2 Å². The van der Waals surface area contributed by atoms with Gasteiger partial charge in [-0.3, -0.25) is 0 Å². The Morgan fingerprint density at radius 1 is 1.56 bits per heavy atom. The van der Waals surface area contributed by atoms with Gasteiger partial charge in [0.1, 0.15) is 6.33 Å². The van der Waals surface area contributed by atoms with Crippen LogP contribution >= 0.6 is 11.8 Å². The summed E-state index contributed by atoms with van der Waals surface area (Å²) in [5, 5.41) is 17.6. The average Bonchev–Trinajstić information content (AvgIpc) is 2.71. The van der Waals surface area contributed by atoms with Crippen LogP contribution in [0.5, 0.6) is 0 Å². The number of hydrogen-bond donors (Lipinski definition) is 2. The first-order chi connectivity index (χ1) is 8.59. The second kappa shape index (κ2) is 5.09. The van der Waals surface area contributed by atoms with Gasteiger partial charge in [0.2, 0.25) is 0 Å². The molecule has 0 fully saturated rings. The Bertz CT molecular complexity index is 582. The Labute approximate surface area is 108 Å². The van der Waals surface area contributed by atoms with Crippen molar-refractivity contribution in [3.8, 4) is 0 Å². The SMILES string of the molecule is Cn1cnnc1SCc1cccc(N)c1C(=O)O. The molecule has 1 heterocycles. The number of thioether (sulfide) groups is 1. The summed E-state index contributed by atoms with van der Waals surface area (Å²) in [7, 11) is 1.83. The standard InChI is InChI=1S/C11H12N4O2S/c1-15-6-13-14-11(15)18-5-7-3-2-4-8(12)9(7)10(16)17/h2-4,6H,5,12H2,1H3,(H,16,17).